The Morgan fingerprint density at radius 1 is 1.15 bits per heavy atom. The Kier molecular flexibility index (Phi) is 5.86. The van der Waals surface area contributed by atoms with Crippen LogP contribution in [0.5, 0.6) is 5.75 Å². The molecular formula is C10H9F4LiO4S. The summed E-state index contributed by atoms with van der Waals surface area (Å²) in [5.41, 5.74) is 0.511. The molecule has 1 aromatic carbocycles. The summed E-state index contributed by atoms with van der Waals surface area (Å²) in [6, 6.07) is 4.32. The van der Waals surface area contributed by atoms with E-state index in [4.69, 9.17) is 4.55 Å². The van der Waals surface area contributed by atoms with Gasteiger partial charge in [-0.3, -0.25) is 4.55 Å². The third-order valence-electron chi connectivity index (χ3n) is 2.02. The van der Waals surface area contributed by atoms with Crippen LogP contribution in [0.15, 0.2) is 30.8 Å². The predicted molar refractivity (Wildman–Crippen MR) is 65.8 cm³/mol. The third kappa shape index (κ3) is 3.76. The van der Waals surface area contributed by atoms with Crippen LogP contribution in [0.2, 0.25) is 0 Å². The molecule has 108 valence electrons. The minimum absolute atomic E-state index is 0. The molecule has 1 N–H and O–H groups in total. The number of hydrogen-bond acceptors (Lipinski definition) is 3. The van der Waals surface area contributed by atoms with Crippen molar-refractivity contribution in [3.63, 3.8) is 0 Å². The van der Waals surface area contributed by atoms with Crippen LogP contribution < -0.4 is 4.74 Å². The standard InChI is InChI=1S/C10H8F4O4S.Li.H/c1-2-7-3-5-8(6-4-7)18-9(11,12)10(13,14)19(15,16)17;;/h2-6H,1H2,(H,15,16,17);;. The minimum atomic E-state index is -6.32. The molecule has 0 aliphatic rings. The van der Waals surface area contributed by atoms with Gasteiger partial charge in [0.1, 0.15) is 5.75 Å². The van der Waals surface area contributed by atoms with Crippen LogP contribution in [-0.2, 0) is 10.1 Å². The SMILES string of the molecule is C=Cc1ccc(OC(F)(F)C(F)(F)S(=O)(=O)O)cc1.[LiH]. The van der Waals surface area contributed by atoms with Gasteiger partial charge in [0.25, 0.3) is 0 Å². The summed E-state index contributed by atoms with van der Waals surface area (Å²) in [6.07, 6.45) is -4.05. The van der Waals surface area contributed by atoms with Crippen molar-refractivity contribution < 1.29 is 35.3 Å². The molecule has 0 aliphatic carbocycles. The molecule has 0 aromatic heterocycles. The first-order chi connectivity index (χ1) is 8.51. The van der Waals surface area contributed by atoms with Gasteiger partial charge in [0.15, 0.2) is 0 Å². The van der Waals surface area contributed by atoms with Gasteiger partial charge in [-0.05, 0) is 17.7 Å². The monoisotopic (exact) mass is 308 g/mol. The quantitative estimate of drug-likeness (QED) is 0.514. The van der Waals surface area contributed by atoms with Gasteiger partial charge in [0, 0.05) is 0 Å². The first-order valence-electron chi connectivity index (χ1n) is 4.65. The van der Waals surface area contributed by atoms with Crippen molar-refractivity contribution in [2.45, 2.75) is 11.4 Å². The van der Waals surface area contributed by atoms with Crippen LogP contribution in [-0.4, -0.2) is 43.2 Å². The first kappa shape index (κ1) is 19.0. The molecular weight excluding hydrogens is 299 g/mol. The summed E-state index contributed by atoms with van der Waals surface area (Å²) >= 11 is 0. The maximum absolute atomic E-state index is 13.0. The molecule has 10 heteroatoms. The average molecular weight is 308 g/mol. The number of benzene rings is 1. The molecule has 0 saturated heterocycles. The van der Waals surface area contributed by atoms with E-state index in [-0.39, 0.29) is 18.9 Å². The van der Waals surface area contributed by atoms with Gasteiger partial charge in [-0.2, -0.15) is 26.0 Å². The van der Waals surface area contributed by atoms with E-state index in [9.17, 15) is 26.0 Å². The molecule has 0 bridgehead atoms. The fourth-order valence-electron chi connectivity index (χ4n) is 1.03. The number of hydrogen-bond donors (Lipinski definition) is 1. The van der Waals surface area contributed by atoms with E-state index < -0.39 is 27.2 Å². The number of alkyl halides is 4. The molecule has 0 radical (unpaired) electrons. The van der Waals surface area contributed by atoms with Gasteiger partial charge in [-0.25, -0.2) is 0 Å². The van der Waals surface area contributed by atoms with Gasteiger partial charge in [0.2, 0.25) is 0 Å². The van der Waals surface area contributed by atoms with Crippen molar-refractivity contribution in [1.29, 1.82) is 0 Å². The van der Waals surface area contributed by atoms with Gasteiger partial charge < -0.3 is 4.74 Å². The van der Waals surface area contributed by atoms with E-state index in [2.05, 4.69) is 11.3 Å². The van der Waals surface area contributed by atoms with Crippen molar-refractivity contribution in [2.75, 3.05) is 0 Å². The second-order valence-electron chi connectivity index (χ2n) is 3.38. The van der Waals surface area contributed by atoms with Gasteiger partial charge in [0.05, 0.1) is 0 Å². The Labute approximate surface area is 124 Å². The van der Waals surface area contributed by atoms with Crippen LogP contribution in [0.1, 0.15) is 5.56 Å². The molecule has 1 aromatic rings. The second-order valence-corrected chi connectivity index (χ2v) is 4.85. The molecule has 0 atom stereocenters. The Balaban J connectivity index is 0.00000361. The Morgan fingerprint density at radius 3 is 1.95 bits per heavy atom. The average Bonchev–Trinajstić information content (AvgIpc) is 2.28. The van der Waals surface area contributed by atoms with E-state index in [1.54, 1.807) is 0 Å². The molecule has 0 unspecified atom stereocenters. The van der Waals surface area contributed by atoms with Gasteiger partial charge in [-0.15, -0.1) is 0 Å². The fourth-order valence-corrected chi connectivity index (χ4v) is 1.37. The van der Waals surface area contributed by atoms with Crippen molar-refractivity contribution in [2.24, 2.45) is 0 Å². The molecule has 0 heterocycles. The molecule has 20 heavy (non-hydrogen) atoms. The number of ether oxygens (including phenoxy) is 1. The Morgan fingerprint density at radius 2 is 1.60 bits per heavy atom. The van der Waals surface area contributed by atoms with Gasteiger partial charge >= 0.3 is 40.3 Å². The predicted octanol–water partition coefficient (Wildman–Crippen LogP) is 2.13. The topological polar surface area (TPSA) is 63.6 Å². The molecule has 0 spiro atoms. The van der Waals surface area contributed by atoms with E-state index >= 15 is 0 Å². The van der Waals surface area contributed by atoms with Crippen molar-refractivity contribution in [3.05, 3.63) is 36.4 Å². The van der Waals surface area contributed by atoms with Gasteiger partial charge in [-0.1, -0.05) is 24.8 Å². The summed E-state index contributed by atoms with van der Waals surface area (Å²) in [5.74, 6) is -0.695. The van der Waals surface area contributed by atoms with Crippen molar-refractivity contribution in [3.8, 4) is 5.75 Å². The normalized spacial score (nSPS) is 12.4. The zero-order valence-electron chi connectivity index (χ0n) is 9.19. The summed E-state index contributed by atoms with van der Waals surface area (Å²) in [7, 11) is -6.32. The number of rotatable bonds is 5. The second kappa shape index (κ2) is 6.18. The molecule has 4 nitrogen and oxygen atoms in total. The zero-order chi connectivity index (χ0) is 14.9. The van der Waals surface area contributed by atoms with E-state index in [0.717, 1.165) is 12.1 Å². The Hall–Kier alpha value is -1.01. The molecule has 1 rings (SSSR count). The van der Waals surface area contributed by atoms with Crippen LogP contribution >= 0.6 is 0 Å². The van der Waals surface area contributed by atoms with E-state index in [0.29, 0.717) is 5.56 Å². The zero-order valence-corrected chi connectivity index (χ0v) is 10.0. The van der Waals surface area contributed by atoms with E-state index in [1.165, 1.54) is 18.2 Å². The summed E-state index contributed by atoms with van der Waals surface area (Å²) in [5, 5.41) is -5.77. The van der Waals surface area contributed by atoms with Crippen LogP contribution in [0, 0.1) is 0 Å². The molecule has 0 aliphatic heterocycles. The first-order valence-corrected chi connectivity index (χ1v) is 6.09. The summed E-state index contributed by atoms with van der Waals surface area (Å²) in [6.45, 7) is 3.39. The van der Waals surface area contributed by atoms with E-state index in [1.807, 2.05) is 0 Å². The molecule has 0 fully saturated rings. The maximum atomic E-state index is 13.0. The van der Waals surface area contributed by atoms with Crippen LogP contribution in [0.3, 0.4) is 0 Å². The fraction of sp³-hybridized carbons (Fsp3) is 0.200. The number of halogens is 4. The summed E-state index contributed by atoms with van der Waals surface area (Å²) < 4.78 is 83.9. The molecule has 0 saturated carbocycles. The Bertz CT molecular complexity index is 571. The van der Waals surface area contributed by atoms with Crippen molar-refractivity contribution >= 4 is 35.1 Å². The molecule has 0 amide bonds. The van der Waals surface area contributed by atoms with Crippen molar-refractivity contribution in [1.82, 2.24) is 0 Å². The van der Waals surface area contributed by atoms with Crippen LogP contribution in [0.25, 0.3) is 6.08 Å². The van der Waals surface area contributed by atoms with Crippen LogP contribution in [0.4, 0.5) is 17.6 Å². The third-order valence-corrected chi connectivity index (χ3v) is 2.91. The summed E-state index contributed by atoms with van der Waals surface area (Å²) in [4.78, 5) is 0.